The average molecular weight is 279 g/mol. The molecular weight excluding hydrogens is 258 g/mol. The highest BCUT2D eigenvalue weighted by Gasteiger charge is 2.22. The smallest absolute Gasteiger partial charge is 0.323 e. The molecule has 110 valence electrons. The molecule has 0 saturated heterocycles. The normalized spacial score (nSPS) is 11.9. The predicted molar refractivity (Wildman–Crippen MR) is 75.6 cm³/mol. The van der Waals surface area contributed by atoms with Crippen molar-refractivity contribution in [2.45, 2.75) is 32.9 Å². The summed E-state index contributed by atoms with van der Waals surface area (Å²) < 4.78 is 5.04. The molecule has 0 aliphatic rings. The minimum absolute atomic E-state index is 0.121. The van der Waals surface area contributed by atoms with Crippen LogP contribution in [0.5, 0.6) is 0 Å². The zero-order valence-corrected chi connectivity index (χ0v) is 12.1. The number of carbonyl (C=O) groups excluding carboxylic acids is 1. The minimum Gasteiger partial charge on any atom is -0.480 e. The van der Waals surface area contributed by atoms with Crippen LogP contribution in [0.4, 0.5) is 0 Å². The Kier molecular flexibility index (Phi) is 6.18. The number of hydrogen-bond acceptors (Lipinski definition) is 3. The van der Waals surface area contributed by atoms with Gasteiger partial charge in [0.25, 0.3) is 5.91 Å². The molecule has 0 fully saturated rings. The number of amides is 1. The molecule has 1 rings (SSSR count). The van der Waals surface area contributed by atoms with Gasteiger partial charge in [0, 0.05) is 18.7 Å². The van der Waals surface area contributed by atoms with E-state index in [9.17, 15) is 9.59 Å². The molecule has 1 amide bonds. The number of hydrogen-bond donors (Lipinski definition) is 1. The standard InChI is InChI=1S/C15H21NO4/c1-4-11(2)16(9-14(17)18)15(19)13-7-5-6-12(8-13)10-20-3/h5-8,11H,4,9-10H2,1-3H3,(H,17,18). The summed E-state index contributed by atoms with van der Waals surface area (Å²) in [6.07, 6.45) is 0.705. The van der Waals surface area contributed by atoms with Crippen molar-refractivity contribution in [1.29, 1.82) is 0 Å². The third-order valence-corrected chi connectivity index (χ3v) is 3.17. The summed E-state index contributed by atoms with van der Waals surface area (Å²) in [6, 6.07) is 6.95. The SMILES string of the molecule is CCC(C)N(CC(=O)O)C(=O)c1cccc(COC)c1. The number of nitrogens with zero attached hydrogens (tertiary/aromatic N) is 1. The van der Waals surface area contributed by atoms with E-state index in [-0.39, 0.29) is 18.5 Å². The van der Waals surface area contributed by atoms with Crippen LogP contribution in [0, 0.1) is 0 Å². The van der Waals surface area contributed by atoms with Crippen molar-refractivity contribution in [3.63, 3.8) is 0 Å². The molecule has 0 aliphatic heterocycles. The van der Waals surface area contributed by atoms with Gasteiger partial charge in [-0.05, 0) is 31.0 Å². The van der Waals surface area contributed by atoms with Crippen LogP contribution in [0.2, 0.25) is 0 Å². The predicted octanol–water partition coefficient (Wildman–Crippen LogP) is 2.16. The molecule has 1 N–H and O–H groups in total. The number of ether oxygens (including phenoxy) is 1. The van der Waals surface area contributed by atoms with E-state index in [0.29, 0.717) is 18.6 Å². The Morgan fingerprint density at radius 1 is 1.40 bits per heavy atom. The van der Waals surface area contributed by atoms with Gasteiger partial charge < -0.3 is 14.7 Å². The summed E-state index contributed by atoms with van der Waals surface area (Å²) in [6.45, 7) is 3.90. The molecule has 0 aliphatic carbocycles. The van der Waals surface area contributed by atoms with Crippen LogP contribution in [-0.4, -0.2) is 41.6 Å². The molecule has 1 unspecified atom stereocenters. The number of methoxy groups -OCH3 is 1. The van der Waals surface area contributed by atoms with Gasteiger partial charge in [0.05, 0.1) is 6.61 Å². The van der Waals surface area contributed by atoms with E-state index in [0.717, 1.165) is 5.56 Å². The van der Waals surface area contributed by atoms with Gasteiger partial charge in [-0.2, -0.15) is 0 Å². The van der Waals surface area contributed by atoms with Crippen LogP contribution in [0.1, 0.15) is 36.2 Å². The summed E-state index contributed by atoms with van der Waals surface area (Å²) in [5, 5.41) is 8.95. The lowest BCUT2D eigenvalue weighted by Gasteiger charge is -2.27. The van der Waals surface area contributed by atoms with Crippen LogP contribution in [0.25, 0.3) is 0 Å². The maximum Gasteiger partial charge on any atom is 0.323 e. The van der Waals surface area contributed by atoms with Crippen LogP contribution >= 0.6 is 0 Å². The maximum atomic E-state index is 12.5. The number of carboxylic acids is 1. The van der Waals surface area contributed by atoms with E-state index in [1.807, 2.05) is 19.9 Å². The molecule has 1 aromatic carbocycles. The highest BCUT2D eigenvalue weighted by atomic mass is 16.5. The van der Waals surface area contributed by atoms with Gasteiger partial charge in [0.1, 0.15) is 6.54 Å². The van der Waals surface area contributed by atoms with Crippen molar-refractivity contribution in [3.8, 4) is 0 Å². The fraction of sp³-hybridized carbons (Fsp3) is 0.467. The van der Waals surface area contributed by atoms with Crippen molar-refractivity contribution in [2.75, 3.05) is 13.7 Å². The Balaban J connectivity index is 2.98. The Hall–Kier alpha value is -1.88. The molecule has 20 heavy (non-hydrogen) atoms. The fourth-order valence-electron chi connectivity index (χ4n) is 1.92. The van der Waals surface area contributed by atoms with Crippen LogP contribution in [0.15, 0.2) is 24.3 Å². The Bertz CT molecular complexity index is 473. The van der Waals surface area contributed by atoms with E-state index >= 15 is 0 Å². The van der Waals surface area contributed by atoms with Gasteiger partial charge in [-0.25, -0.2) is 0 Å². The molecule has 1 aromatic rings. The second-order valence-electron chi connectivity index (χ2n) is 4.72. The minimum atomic E-state index is -1.01. The lowest BCUT2D eigenvalue weighted by atomic mass is 10.1. The summed E-state index contributed by atoms with van der Waals surface area (Å²) in [7, 11) is 1.59. The Morgan fingerprint density at radius 3 is 2.65 bits per heavy atom. The molecular formula is C15H21NO4. The first-order chi connectivity index (χ1) is 9.49. The Labute approximate surface area is 119 Å². The third-order valence-electron chi connectivity index (χ3n) is 3.17. The molecule has 5 heteroatoms. The van der Waals surface area contributed by atoms with Gasteiger partial charge in [0.2, 0.25) is 0 Å². The van der Waals surface area contributed by atoms with Crippen molar-refractivity contribution >= 4 is 11.9 Å². The number of carbonyl (C=O) groups is 2. The monoisotopic (exact) mass is 279 g/mol. The largest absolute Gasteiger partial charge is 0.480 e. The highest BCUT2D eigenvalue weighted by Crippen LogP contribution is 2.13. The first-order valence-electron chi connectivity index (χ1n) is 6.60. The van der Waals surface area contributed by atoms with Crippen LogP contribution in [0.3, 0.4) is 0 Å². The molecule has 1 atom stereocenters. The maximum absolute atomic E-state index is 12.5. The number of rotatable bonds is 7. The lowest BCUT2D eigenvalue weighted by molar-refractivity contribution is -0.138. The lowest BCUT2D eigenvalue weighted by Crippen LogP contribution is -2.41. The molecule has 0 bridgehead atoms. The van der Waals surface area contributed by atoms with E-state index in [1.165, 1.54) is 4.90 Å². The van der Waals surface area contributed by atoms with Crippen molar-refractivity contribution in [1.82, 2.24) is 4.90 Å². The molecule has 0 saturated carbocycles. The number of carboxylic acid groups (broad SMARTS) is 1. The zero-order valence-electron chi connectivity index (χ0n) is 12.1. The molecule has 0 radical (unpaired) electrons. The van der Waals surface area contributed by atoms with Crippen LogP contribution in [-0.2, 0) is 16.1 Å². The third kappa shape index (κ3) is 4.35. The van der Waals surface area contributed by atoms with E-state index < -0.39 is 5.97 Å². The van der Waals surface area contributed by atoms with Gasteiger partial charge >= 0.3 is 5.97 Å². The van der Waals surface area contributed by atoms with Crippen LogP contribution < -0.4 is 0 Å². The zero-order chi connectivity index (χ0) is 15.1. The summed E-state index contributed by atoms with van der Waals surface area (Å²) >= 11 is 0. The first kappa shape index (κ1) is 16.2. The number of benzene rings is 1. The first-order valence-corrected chi connectivity index (χ1v) is 6.60. The van der Waals surface area contributed by atoms with Gasteiger partial charge in [0.15, 0.2) is 0 Å². The topological polar surface area (TPSA) is 66.8 Å². The highest BCUT2D eigenvalue weighted by molar-refractivity contribution is 5.96. The van der Waals surface area contributed by atoms with Crippen molar-refractivity contribution in [2.24, 2.45) is 0 Å². The van der Waals surface area contributed by atoms with Gasteiger partial charge in [-0.1, -0.05) is 19.1 Å². The molecule has 0 spiro atoms. The number of aliphatic carboxylic acids is 1. The summed E-state index contributed by atoms with van der Waals surface area (Å²) in [5.74, 6) is -1.27. The Morgan fingerprint density at radius 2 is 2.10 bits per heavy atom. The van der Waals surface area contributed by atoms with Gasteiger partial charge in [-0.3, -0.25) is 9.59 Å². The molecule has 0 heterocycles. The second-order valence-corrected chi connectivity index (χ2v) is 4.72. The average Bonchev–Trinajstić information content (AvgIpc) is 2.43. The second kappa shape index (κ2) is 7.65. The quantitative estimate of drug-likeness (QED) is 0.830. The van der Waals surface area contributed by atoms with Gasteiger partial charge in [-0.15, -0.1) is 0 Å². The van der Waals surface area contributed by atoms with Crippen molar-refractivity contribution < 1.29 is 19.4 Å². The fourth-order valence-corrected chi connectivity index (χ4v) is 1.92. The molecule has 5 nitrogen and oxygen atoms in total. The van der Waals surface area contributed by atoms with E-state index in [4.69, 9.17) is 9.84 Å². The van der Waals surface area contributed by atoms with Crippen molar-refractivity contribution in [3.05, 3.63) is 35.4 Å². The molecule has 0 aromatic heterocycles. The summed E-state index contributed by atoms with van der Waals surface area (Å²) in [5.41, 5.74) is 1.37. The summed E-state index contributed by atoms with van der Waals surface area (Å²) in [4.78, 5) is 24.8. The van der Waals surface area contributed by atoms with E-state index in [2.05, 4.69) is 0 Å². The van der Waals surface area contributed by atoms with E-state index in [1.54, 1.807) is 25.3 Å².